The van der Waals surface area contributed by atoms with E-state index in [0.717, 1.165) is 16.6 Å². The van der Waals surface area contributed by atoms with Crippen LogP contribution in [0.5, 0.6) is 0 Å². The highest BCUT2D eigenvalue weighted by atomic mass is 32.2. The van der Waals surface area contributed by atoms with Gasteiger partial charge in [-0.1, -0.05) is 0 Å². The van der Waals surface area contributed by atoms with Crippen LogP contribution in [0.4, 0.5) is 11.4 Å². The van der Waals surface area contributed by atoms with E-state index in [1.807, 2.05) is 24.3 Å². The van der Waals surface area contributed by atoms with Gasteiger partial charge in [0.1, 0.15) is 9.84 Å². The van der Waals surface area contributed by atoms with E-state index in [-0.39, 0.29) is 5.75 Å². The van der Waals surface area contributed by atoms with Crippen LogP contribution < -0.4 is 11.1 Å². The van der Waals surface area contributed by atoms with Crippen molar-refractivity contribution in [1.82, 2.24) is 4.98 Å². The Labute approximate surface area is 112 Å². The maximum atomic E-state index is 11.0. The highest BCUT2D eigenvalue weighted by molar-refractivity contribution is 7.90. The van der Waals surface area contributed by atoms with Crippen LogP contribution in [0.1, 0.15) is 6.42 Å². The predicted molar refractivity (Wildman–Crippen MR) is 79.0 cm³/mol. The van der Waals surface area contributed by atoms with Gasteiger partial charge in [-0.05, 0) is 30.7 Å². The molecule has 0 fully saturated rings. The quantitative estimate of drug-likeness (QED) is 0.642. The number of rotatable bonds is 5. The molecule has 0 aliphatic rings. The molecular formula is C13H17N3O2S. The van der Waals surface area contributed by atoms with Crippen molar-refractivity contribution in [2.75, 3.05) is 29.6 Å². The molecule has 2 rings (SSSR count). The predicted octanol–water partition coefficient (Wildman–Crippen LogP) is 1.66. The number of nitrogen functional groups attached to an aromatic ring is 1. The van der Waals surface area contributed by atoms with E-state index in [9.17, 15) is 8.42 Å². The maximum Gasteiger partial charge on any atom is 0.147 e. The topological polar surface area (TPSA) is 85.1 Å². The number of pyridine rings is 1. The number of anilines is 2. The van der Waals surface area contributed by atoms with Crippen LogP contribution in [0.25, 0.3) is 10.9 Å². The Morgan fingerprint density at radius 2 is 2.11 bits per heavy atom. The number of nitrogens with zero attached hydrogens (tertiary/aromatic N) is 1. The Hall–Kier alpha value is -1.82. The largest absolute Gasteiger partial charge is 0.398 e. The van der Waals surface area contributed by atoms with Crippen LogP contribution >= 0.6 is 0 Å². The molecule has 102 valence electrons. The third-order valence-corrected chi connectivity index (χ3v) is 3.84. The van der Waals surface area contributed by atoms with E-state index < -0.39 is 9.84 Å². The molecule has 0 aliphatic carbocycles. The number of nitrogens with one attached hydrogen (secondary N) is 1. The molecule has 1 heterocycles. The van der Waals surface area contributed by atoms with Crippen molar-refractivity contribution in [3.63, 3.8) is 0 Å². The SMILES string of the molecule is CS(=O)(=O)CCCNc1ccc(N)c2cccnc12. The smallest absolute Gasteiger partial charge is 0.147 e. The summed E-state index contributed by atoms with van der Waals surface area (Å²) in [6.07, 6.45) is 3.52. The molecule has 0 aliphatic heterocycles. The lowest BCUT2D eigenvalue weighted by molar-refractivity contribution is 0.600. The molecule has 1 aromatic heterocycles. The average molecular weight is 279 g/mol. The Kier molecular flexibility index (Phi) is 3.90. The van der Waals surface area contributed by atoms with Crippen molar-refractivity contribution in [3.05, 3.63) is 30.5 Å². The lowest BCUT2D eigenvalue weighted by atomic mass is 10.1. The van der Waals surface area contributed by atoms with Gasteiger partial charge in [0.25, 0.3) is 0 Å². The minimum atomic E-state index is -2.90. The number of benzene rings is 1. The monoisotopic (exact) mass is 279 g/mol. The second-order valence-corrected chi connectivity index (χ2v) is 6.77. The summed E-state index contributed by atoms with van der Waals surface area (Å²) in [7, 11) is -2.90. The summed E-state index contributed by atoms with van der Waals surface area (Å²) in [5, 5.41) is 4.10. The molecule has 6 heteroatoms. The molecule has 0 saturated carbocycles. The molecular weight excluding hydrogens is 262 g/mol. The Bertz CT molecular complexity index is 683. The summed E-state index contributed by atoms with van der Waals surface area (Å²) in [5.41, 5.74) is 8.26. The Balaban J connectivity index is 2.11. The van der Waals surface area contributed by atoms with E-state index >= 15 is 0 Å². The summed E-state index contributed by atoms with van der Waals surface area (Å²) in [6.45, 7) is 0.586. The van der Waals surface area contributed by atoms with Crippen molar-refractivity contribution in [2.45, 2.75) is 6.42 Å². The molecule has 0 atom stereocenters. The highest BCUT2D eigenvalue weighted by Crippen LogP contribution is 2.26. The minimum Gasteiger partial charge on any atom is -0.398 e. The summed E-state index contributed by atoms with van der Waals surface area (Å²) in [4.78, 5) is 4.31. The summed E-state index contributed by atoms with van der Waals surface area (Å²) in [6, 6.07) is 7.44. The van der Waals surface area contributed by atoms with Crippen molar-refractivity contribution < 1.29 is 8.42 Å². The van der Waals surface area contributed by atoms with Crippen molar-refractivity contribution >= 4 is 32.1 Å². The van der Waals surface area contributed by atoms with Crippen LogP contribution in [0.15, 0.2) is 30.5 Å². The standard InChI is InChI=1S/C13H17N3O2S/c1-19(17,18)9-3-8-15-12-6-5-11(14)10-4-2-7-16-13(10)12/h2,4-7,15H,3,8-9,14H2,1H3. The molecule has 2 aromatic rings. The van der Waals surface area contributed by atoms with Gasteiger partial charge in [0.2, 0.25) is 0 Å². The zero-order chi connectivity index (χ0) is 13.9. The van der Waals surface area contributed by atoms with Gasteiger partial charge in [0, 0.05) is 30.1 Å². The number of hydrogen-bond acceptors (Lipinski definition) is 5. The molecule has 0 saturated heterocycles. The molecule has 0 spiro atoms. The Morgan fingerprint density at radius 1 is 1.32 bits per heavy atom. The van der Waals surface area contributed by atoms with Gasteiger partial charge in [-0.25, -0.2) is 8.42 Å². The van der Waals surface area contributed by atoms with Gasteiger partial charge >= 0.3 is 0 Å². The van der Waals surface area contributed by atoms with Gasteiger partial charge in [-0.15, -0.1) is 0 Å². The van der Waals surface area contributed by atoms with E-state index in [4.69, 9.17) is 5.73 Å². The van der Waals surface area contributed by atoms with Crippen molar-refractivity contribution in [3.8, 4) is 0 Å². The normalized spacial score (nSPS) is 11.6. The molecule has 0 bridgehead atoms. The fraction of sp³-hybridized carbons (Fsp3) is 0.308. The van der Waals surface area contributed by atoms with Crippen LogP contribution in [0, 0.1) is 0 Å². The zero-order valence-electron chi connectivity index (χ0n) is 10.8. The number of fused-ring (bicyclic) bond motifs is 1. The zero-order valence-corrected chi connectivity index (χ0v) is 11.6. The van der Waals surface area contributed by atoms with Crippen LogP contribution in [-0.2, 0) is 9.84 Å². The fourth-order valence-electron chi connectivity index (χ4n) is 1.89. The Morgan fingerprint density at radius 3 is 2.84 bits per heavy atom. The lowest BCUT2D eigenvalue weighted by Crippen LogP contribution is -2.10. The van der Waals surface area contributed by atoms with E-state index in [0.29, 0.717) is 18.7 Å². The van der Waals surface area contributed by atoms with Gasteiger partial charge < -0.3 is 11.1 Å². The first kappa shape index (κ1) is 13.6. The molecule has 0 amide bonds. The number of hydrogen-bond donors (Lipinski definition) is 2. The third-order valence-electron chi connectivity index (χ3n) is 2.81. The van der Waals surface area contributed by atoms with E-state index in [1.54, 1.807) is 6.20 Å². The number of sulfone groups is 1. The van der Waals surface area contributed by atoms with Crippen LogP contribution in [0.2, 0.25) is 0 Å². The van der Waals surface area contributed by atoms with Gasteiger partial charge in [0.05, 0.1) is 17.0 Å². The fourth-order valence-corrected chi connectivity index (χ4v) is 2.56. The number of aromatic nitrogens is 1. The van der Waals surface area contributed by atoms with Crippen LogP contribution in [0.3, 0.4) is 0 Å². The minimum absolute atomic E-state index is 0.181. The molecule has 19 heavy (non-hydrogen) atoms. The van der Waals surface area contributed by atoms with Crippen LogP contribution in [-0.4, -0.2) is 32.0 Å². The van der Waals surface area contributed by atoms with Gasteiger partial charge in [-0.2, -0.15) is 0 Å². The molecule has 0 unspecified atom stereocenters. The first-order valence-electron chi connectivity index (χ1n) is 6.02. The van der Waals surface area contributed by atoms with E-state index in [1.165, 1.54) is 6.26 Å². The maximum absolute atomic E-state index is 11.0. The highest BCUT2D eigenvalue weighted by Gasteiger charge is 2.05. The van der Waals surface area contributed by atoms with Crippen molar-refractivity contribution in [2.24, 2.45) is 0 Å². The summed E-state index contributed by atoms with van der Waals surface area (Å²) >= 11 is 0. The van der Waals surface area contributed by atoms with Gasteiger partial charge in [0.15, 0.2) is 0 Å². The molecule has 5 nitrogen and oxygen atoms in total. The first-order chi connectivity index (χ1) is 8.97. The second kappa shape index (κ2) is 5.44. The van der Waals surface area contributed by atoms with Crippen molar-refractivity contribution in [1.29, 1.82) is 0 Å². The first-order valence-corrected chi connectivity index (χ1v) is 8.08. The van der Waals surface area contributed by atoms with E-state index in [2.05, 4.69) is 10.3 Å². The summed E-state index contributed by atoms with van der Waals surface area (Å²) < 4.78 is 22.1. The third kappa shape index (κ3) is 3.57. The molecule has 1 aromatic carbocycles. The van der Waals surface area contributed by atoms with Gasteiger partial charge in [-0.3, -0.25) is 4.98 Å². The molecule has 3 N–H and O–H groups in total. The lowest BCUT2D eigenvalue weighted by Gasteiger charge is -2.10. The number of nitrogens with two attached hydrogens (primary N) is 1. The average Bonchev–Trinajstić information content (AvgIpc) is 2.36. The second-order valence-electron chi connectivity index (χ2n) is 4.51. The summed E-state index contributed by atoms with van der Waals surface area (Å²) in [5.74, 6) is 0.181. The molecule has 0 radical (unpaired) electrons.